The molecule has 0 bridgehead atoms. The number of likely N-dealkylation sites (tertiary alicyclic amines) is 1. The molecule has 3 rings (SSSR count). The zero-order chi connectivity index (χ0) is 16.8. The molecular weight excluding hydrogens is 344 g/mol. The molecule has 1 fully saturated rings. The second-order valence-electron chi connectivity index (χ2n) is 6.19. The van der Waals surface area contributed by atoms with Gasteiger partial charge in [0, 0.05) is 52.2 Å². The van der Waals surface area contributed by atoms with Crippen LogP contribution in [0.15, 0.2) is 17.1 Å². The molecule has 0 saturated carbocycles. The fourth-order valence-corrected chi connectivity index (χ4v) is 5.13. The number of rotatable bonds is 8. The van der Waals surface area contributed by atoms with Crippen molar-refractivity contribution in [3.8, 4) is 0 Å². The summed E-state index contributed by atoms with van der Waals surface area (Å²) in [5.74, 6) is 2.50. The van der Waals surface area contributed by atoms with Crippen molar-refractivity contribution in [1.29, 1.82) is 0 Å². The van der Waals surface area contributed by atoms with Crippen LogP contribution in [0.3, 0.4) is 0 Å². The molecule has 1 unspecified atom stereocenters. The average Bonchev–Trinajstić information content (AvgIpc) is 3.29. The SMILES string of the molecule is O=[N+]([O-])C1CCN=C1NCCSCc1ccc(CN2CCCC2)s1. The molecule has 24 heavy (non-hydrogen) atoms. The Morgan fingerprint density at radius 3 is 2.96 bits per heavy atom. The lowest BCUT2D eigenvalue weighted by Gasteiger charge is -2.12. The number of hydrogen-bond acceptors (Lipinski definition) is 7. The monoisotopic (exact) mass is 368 g/mol. The van der Waals surface area contributed by atoms with Gasteiger partial charge in [-0.25, -0.2) is 0 Å². The second-order valence-corrected chi connectivity index (χ2v) is 8.55. The molecule has 132 valence electrons. The van der Waals surface area contributed by atoms with Crippen molar-refractivity contribution in [1.82, 2.24) is 10.2 Å². The van der Waals surface area contributed by atoms with Crippen molar-refractivity contribution >= 4 is 28.9 Å². The summed E-state index contributed by atoms with van der Waals surface area (Å²) < 4.78 is 0. The molecule has 2 aliphatic rings. The van der Waals surface area contributed by atoms with Crippen LogP contribution in [0.4, 0.5) is 0 Å². The third kappa shape index (κ3) is 4.94. The third-order valence-electron chi connectivity index (χ3n) is 4.35. The van der Waals surface area contributed by atoms with Gasteiger partial charge in [-0.05, 0) is 38.1 Å². The molecule has 1 saturated heterocycles. The van der Waals surface area contributed by atoms with Crippen molar-refractivity contribution in [3.63, 3.8) is 0 Å². The highest BCUT2D eigenvalue weighted by Gasteiger charge is 2.30. The van der Waals surface area contributed by atoms with Crippen LogP contribution < -0.4 is 5.32 Å². The second kappa shape index (κ2) is 8.82. The summed E-state index contributed by atoms with van der Waals surface area (Å²) >= 11 is 3.78. The van der Waals surface area contributed by atoms with Gasteiger partial charge in [-0.3, -0.25) is 20.0 Å². The number of thioether (sulfide) groups is 1. The van der Waals surface area contributed by atoms with Gasteiger partial charge in [0.25, 0.3) is 6.04 Å². The molecule has 2 aliphatic heterocycles. The van der Waals surface area contributed by atoms with E-state index in [4.69, 9.17) is 0 Å². The van der Waals surface area contributed by atoms with E-state index in [-0.39, 0.29) is 4.92 Å². The Bertz CT molecular complexity index is 584. The fraction of sp³-hybridized carbons (Fsp3) is 0.688. The maximum atomic E-state index is 10.9. The molecule has 1 N–H and O–H groups in total. The van der Waals surface area contributed by atoms with E-state index in [9.17, 15) is 10.1 Å². The lowest BCUT2D eigenvalue weighted by molar-refractivity contribution is -0.502. The van der Waals surface area contributed by atoms with Crippen LogP contribution in [0.2, 0.25) is 0 Å². The first-order chi connectivity index (χ1) is 11.7. The smallest absolute Gasteiger partial charge is 0.270 e. The Kier molecular flexibility index (Phi) is 6.51. The van der Waals surface area contributed by atoms with Crippen molar-refractivity contribution in [2.24, 2.45) is 4.99 Å². The van der Waals surface area contributed by atoms with E-state index in [0.717, 1.165) is 24.6 Å². The summed E-state index contributed by atoms with van der Waals surface area (Å²) in [4.78, 5) is 20.3. The van der Waals surface area contributed by atoms with Crippen LogP contribution in [-0.2, 0) is 12.3 Å². The highest BCUT2D eigenvalue weighted by Crippen LogP contribution is 2.24. The van der Waals surface area contributed by atoms with Crippen molar-refractivity contribution in [2.75, 3.05) is 31.9 Å². The van der Waals surface area contributed by atoms with E-state index in [1.54, 1.807) is 0 Å². The van der Waals surface area contributed by atoms with Crippen LogP contribution in [0.25, 0.3) is 0 Å². The Hall–Kier alpha value is -1.12. The molecule has 0 amide bonds. The van der Waals surface area contributed by atoms with Crippen LogP contribution in [0.5, 0.6) is 0 Å². The normalized spacial score (nSPS) is 21.2. The molecule has 0 radical (unpaired) electrons. The predicted molar refractivity (Wildman–Crippen MR) is 101 cm³/mol. The first-order valence-electron chi connectivity index (χ1n) is 8.52. The van der Waals surface area contributed by atoms with E-state index < -0.39 is 6.04 Å². The maximum absolute atomic E-state index is 10.9. The lowest BCUT2D eigenvalue weighted by Crippen LogP contribution is -2.37. The first kappa shape index (κ1) is 17.7. The number of thiophene rings is 1. The summed E-state index contributed by atoms with van der Waals surface area (Å²) in [6.07, 6.45) is 3.20. The van der Waals surface area contributed by atoms with Gasteiger partial charge in [-0.2, -0.15) is 11.8 Å². The number of nitrogens with one attached hydrogen (secondary N) is 1. The molecule has 6 nitrogen and oxygen atoms in total. The van der Waals surface area contributed by atoms with Gasteiger partial charge in [-0.15, -0.1) is 11.3 Å². The average molecular weight is 369 g/mol. The minimum Gasteiger partial charge on any atom is -0.367 e. The van der Waals surface area contributed by atoms with Gasteiger partial charge in [-0.1, -0.05) is 0 Å². The summed E-state index contributed by atoms with van der Waals surface area (Å²) in [6, 6.07) is 3.87. The quantitative estimate of drug-likeness (QED) is 0.434. The van der Waals surface area contributed by atoms with E-state index in [1.807, 2.05) is 23.1 Å². The lowest BCUT2D eigenvalue weighted by atomic mass is 10.2. The van der Waals surface area contributed by atoms with Crippen LogP contribution in [0.1, 0.15) is 29.0 Å². The molecule has 3 heterocycles. The predicted octanol–water partition coefficient (Wildman–Crippen LogP) is 2.61. The fourth-order valence-electron chi connectivity index (χ4n) is 3.10. The van der Waals surface area contributed by atoms with Gasteiger partial charge in [0.1, 0.15) is 0 Å². The number of nitrogens with zero attached hydrogens (tertiary/aromatic N) is 3. The number of aliphatic imine (C=N–C) groups is 1. The minimum atomic E-state index is -0.625. The van der Waals surface area contributed by atoms with E-state index >= 15 is 0 Å². The Morgan fingerprint density at radius 1 is 1.38 bits per heavy atom. The summed E-state index contributed by atoms with van der Waals surface area (Å²) in [5.41, 5.74) is 0. The molecule has 1 aromatic rings. The van der Waals surface area contributed by atoms with E-state index in [1.165, 1.54) is 35.7 Å². The number of nitro groups is 1. The van der Waals surface area contributed by atoms with Gasteiger partial charge in [0.15, 0.2) is 5.84 Å². The maximum Gasteiger partial charge on any atom is 0.270 e. The van der Waals surface area contributed by atoms with Crippen LogP contribution in [-0.4, -0.2) is 53.6 Å². The highest BCUT2D eigenvalue weighted by atomic mass is 32.2. The first-order valence-corrected chi connectivity index (χ1v) is 10.5. The minimum absolute atomic E-state index is 0.237. The summed E-state index contributed by atoms with van der Waals surface area (Å²) in [7, 11) is 0. The largest absolute Gasteiger partial charge is 0.367 e. The van der Waals surface area contributed by atoms with Gasteiger partial charge >= 0.3 is 0 Å². The Labute approximate surface area is 150 Å². The van der Waals surface area contributed by atoms with Gasteiger partial charge in [0.2, 0.25) is 0 Å². The third-order valence-corrected chi connectivity index (χ3v) is 6.61. The molecule has 0 spiro atoms. The highest BCUT2D eigenvalue weighted by molar-refractivity contribution is 7.98. The molecule has 0 aromatic carbocycles. The van der Waals surface area contributed by atoms with Crippen LogP contribution >= 0.6 is 23.1 Å². The number of amidine groups is 1. The zero-order valence-electron chi connectivity index (χ0n) is 13.8. The van der Waals surface area contributed by atoms with Gasteiger partial charge in [0.05, 0.1) is 0 Å². The van der Waals surface area contributed by atoms with Crippen molar-refractivity contribution in [3.05, 3.63) is 32.0 Å². The standard InChI is InChI=1S/C16H24N4O2S2/c21-20(22)15-5-6-17-16(15)18-7-10-23-12-14-4-3-13(24-14)11-19-8-1-2-9-19/h3-4,15H,1-2,5-12H2,(H,17,18). The topological polar surface area (TPSA) is 70.8 Å². The Balaban J connectivity index is 1.32. The summed E-state index contributed by atoms with van der Waals surface area (Å²) in [6.45, 7) is 4.88. The number of hydrogen-bond donors (Lipinski definition) is 1. The molecular formula is C16H24N4O2S2. The summed E-state index contributed by atoms with van der Waals surface area (Å²) in [5, 5.41) is 14.0. The van der Waals surface area contributed by atoms with Gasteiger partial charge < -0.3 is 5.32 Å². The molecule has 8 heteroatoms. The van der Waals surface area contributed by atoms with E-state index in [2.05, 4.69) is 27.3 Å². The van der Waals surface area contributed by atoms with E-state index in [0.29, 0.717) is 18.8 Å². The molecule has 1 atom stereocenters. The molecule has 1 aromatic heterocycles. The van der Waals surface area contributed by atoms with Crippen molar-refractivity contribution < 1.29 is 4.92 Å². The molecule has 0 aliphatic carbocycles. The zero-order valence-corrected chi connectivity index (χ0v) is 15.4. The van der Waals surface area contributed by atoms with Crippen molar-refractivity contribution in [2.45, 2.75) is 37.6 Å². The Morgan fingerprint density at radius 2 is 2.17 bits per heavy atom. The van der Waals surface area contributed by atoms with Crippen LogP contribution in [0, 0.1) is 10.1 Å².